The van der Waals surface area contributed by atoms with Crippen molar-refractivity contribution in [3.8, 4) is 22.9 Å². The third-order valence-electron chi connectivity index (χ3n) is 2.86. The Bertz CT molecular complexity index is 669. The number of methoxy groups -OCH3 is 2. The predicted molar refractivity (Wildman–Crippen MR) is 79.0 cm³/mol. The number of aromatic amines is 1. The lowest BCUT2D eigenvalue weighted by Crippen LogP contribution is -2.14. The molecule has 1 aromatic heterocycles. The van der Waals surface area contributed by atoms with Crippen LogP contribution in [0.5, 0.6) is 11.5 Å². The fourth-order valence-electron chi connectivity index (χ4n) is 1.72. The second-order valence-electron chi connectivity index (χ2n) is 4.33. The average Bonchev–Trinajstić information content (AvgIpc) is 3.11. The maximum Gasteiger partial charge on any atom is 0.343 e. The number of carbonyl (C=O) groups excluding carboxylic acids is 2. The molecule has 1 N–H and O–H groups in total. The standard InChI is InChI=1S/C15H16N2O6/c1-20-13(18)8-22-10-3-4-11(15-16-5-6-17-15)12(7-10)23-9-14(19)21-2/h3-7H,8-9H2,1-2H3,(H,16,17). The van der Waals surface area contributed by atoms with Crippen LogP contribution in [0.4, 0.5) is 0 Å². The number of ether oxygens (including phenoxy) is 4. The smallest absolute Gasteiger partial charge is 0.343 e. The first kappa shape index (κ1) is 16.3. The van der Waals surface area contributed by atoms with Crippen LogP contribution in [0.25, 0.3) is 11.4 Å². The Morgan fingerprint density at radius 1 is 1.09 bits per heavy atom. The minimum absolute atomic E-state index is 0.229. The van der Waals surface area contributed by atoms with Gasteiger partial charge >= 0.3 is 11.9 Å². The Morgan fingerprint density at radius 2 is 1.78 bits per heavy atom. The zero-order valence-electron chi connectivity index (χ0n) is 12.7. The van der Waals surface area contributed by atoms with E-state index in [0.717, 1.165) is 0 Å². The van der Waals surface area contributed by atoms with Crippen LogP contribution in [0, 0.1) is 0 Å². The number of nitrogens with one attached hydrogen (secondary N) is 1. The zero-order chi connectivity index (χ0) is 16.7. The highest BCUT2D eigenvalue weighted by atomic mass is 16.6. The molecular formula is C15H16N2O6. The number of carbonyl (C=O) groups is 2. The van der Waals surface area contributed by atoms with Gasteiger partial charge in [-0.15, -0.1) is 0 Å². The van der Waals surface area contributed by atoms with Crippen LogP contribution in [0.1, 0.15) is 0 Å². The van der Waals surface area contributed by atoms with Crippen LogP contribution >= 0.6 is 0 Å². The molecule has 0 unspecified atom stereocenters. The van der Waals surface area contributed by atoms with Crippen molar-refractivity contribution in [2.45, 2.75) is 0 Å². The van der Waals surface area contributed by atoms with Gasteiger partial charge in [0.15, 0.2) is 13.2 Å². The number of benzene rings is 1. The van der Waals surface area contributed by atoms with Crippen LogP contribution < -0.4 is 9.47 Å². The summed E-state index contributed by atoms with van der Waals surface area (Å²) in [6.45, 7) is -0.488. The molecule has 0 aliphatic heterocycles. The minimum atomic E-state index is -0.517. The molecule has 1 heterocycles. The fraction of sp³-hybridized carbons (Fsp3) is 0.267. The van der Waals surface area contributed by atoms with Crippen molar-refractivity contribution in [1.29, 1.82) is 0 Å². The lowest BCUT2D eigenvalue weighted by Gasteiger charge is -2.12. The van der Waals surface area contributed by atoms with E-state index in [0.29, 0.717) is 22.9 Å². The summed E-state index contributed by atoms with van der Waals surface area (Å²) in [5.41, 5.74) is 0.643. The van der Waals surface area contributed by atoms with Gasteiger partial charge in [0.25, 0.3) is 0 Å². The Kier molecular flexibility index (Phi) is 5.56. The van der Waals surface area contributed by atoms with Crippen molar-refractivity contribution < 1.29 is 28.5 Å². The van der Waals surface area contributed by atoms with E-state index < -0.39 is 11.9 Å². The molecule has 0 amide bonds. The third-order valence-corrected chi connectivity index (χ3v) is 2.86. The largest absolute Gasteiger partial charge is 0.482 e. The van der Waals surface area contributed by atoms with Crippen LogP contribution in [0.3, 0.4) is 0 Å². The topological polar surface area (TPSA) is 99.7 Å². The summed E-state index contributed by atoms with van der Waals surface area (Å²) in [6.07, 6.45) is 3.27. The van der Waals surface area contributed by atoms with Crippen molar-refractivity contribution in [1.82, 2.24) is 9.97 Å². The normalized spacial score (nSPS) is 10.0. The summed E-state index contributed by atoms with van der Waals surface area (Å²) < 4.78 is 19.8. The highest BCUT2D eigenvalue weighted by molar-refractivity contribution is 5.73. The molecule has 0 bridgehead atoms. The van der Waals surface area contributed by atoms with Gasteiger partial charge in [0.05, 0.1) is 19.8 Å². The molecule has 122 valence electrons. The lowest BCUT2D eigenvalue weighted by molar-refractivity contribution is -0.143. The van der Waals surface area contributed by atoms with Crippen LogP contribution in [-0.2, 0) is 19.1 Å². The molecule has 8 nitrogen and oxygen atoms in total. The summed E-state index contributed by atoms with van der Waals surface area (Å²) in [5, 5.41) is 0. The van der Waals surface area contributed by atoms with E-state index in [1.165, 1.54) is 14.2 Å². The maximum atomic E-state index is 11.3. The number of imidazole rings is 1. The predicted octanol–water partition coefficient (Wildman–Crippen LogP) is 1.18. The molecular weight excluding hydrogens is 304 g/mol. The molecule has 0 spiro atoms. The monoisotopic (exact) mass is 320 g/mol. The molecule has 0 aliphatic carbocycles. The third kappa shape index (κ3) is 4.47. The molecule has 0 fully saturated rings. The number of H-pyrrole nitrogens is 1. The molecule has 2 rings (SSSR count). The Morgan fingerprint density at radius 3 is 2.39 bits per heavy atom. The summed E-state index contributed by atoms with van der Waals surface area (Å²) in [4.78, 5) is 29.5. The summed E-state index contributed by atoms with van der Waals surface area (Å²) in [6, 6.07) is 4.92. The van der Waals surface area contributed by atoms with Gasteiger partial charge < -0.3 is 23.9 Å². The second-order valence-corrected chi connectivity index (χ2v) is 4.33. The summed E-state index contributed by atoms with van der Waals surface area (Å²) in [7, 11) is 2.55. The first-order chi connectivity index (χ1) is 11.1. The van der Waals surface area contributed by atoms with Gasteiger partial charge in [0, 0.05) is 18.5 Å². The molecule has 2 aromatic rings. The quantitative estimate of drug-likeness (QED) is 0.765. The molecule has 23 heavy (non-hydrogen) atoms. The van der Waals surface area contributed by atoms with Crippen molar-refractivity contribution in [2.24, 2.45) is 0 Å². The van der Waals surface area contributed by atoms with Crippen molar-refractivity contribution >= 4 is 11.9 Å². The molecule has 0 aliphatic rings. The highest BCUT2D eigenvalue weighted by Crippen LogP contribution is 2.31. The lowest BCUT2D eigenvalue weighted by atomic mass is 10.2. The van der Waals surface area contributed by atoms with Gasteiger partial charge in [-0.2, -0.15) is 0 Å². The number of esters is 2. The molecule has 8 heteroatoms. The van der Waals surface area contributed by atoms with E-state index >= 15 is 0 Å². The molecule has 0 atom stereocenters. The van der Waals surface area contributed by atoms with E-state index in [4.69, 9.17) is 9.47 Å². The Balaban J connectivity index is 2.21. The fourth-order valence-corrected chi connectivity index (χ4v) is 1.72. The van der Waals surface area contributed by atoms with Crippen molar-refractivity contribution in [3.63, 3.8) is 0 Å². The van der Waals surface area contributed by atoms with E-state index in [1.807, 2.05) is 0 Å². The van der Waals surface area contributed by atoms with Crippen LogP contribution in [-0.4, -0.2) is 49.3 Å². The van der Waals surface area contributed by atoms with Gasteiger partial charge in [0.1, 0.15) is 17.3 Å². The van der Waals surface area contributed by atoms with Gasteiger partial charge in [-0.05, 0) is 12.1 Å². The molecule has 1 aromatic carbocycles. The highest BCUT2D eigenvalue weighted by Gasteiger charge is 2.13. The molecule has 0 radical (unpaired) electrons. The number of aromatic nitrogens is 2. The number of hydrogen-bond acceptors (Lipinski definition) is 7. The SMILES string of the molecule is COC(=O)COc1ccc(-c2ncc[nH]2)c(OCC(=O)OC)c1. The van der Waals surface area contributed by atoms with E-state index in [2.05, 4.69) is 19.4 Å². The van der Waals surface area contributed by atoms with E-state index in [-0.39, 0.29) is 13.2 Å². The van der Waals surface area contributed by atoms with Gasteiger partial charge in [-0.1, -0.05) is 0 Å². The van der Waals surface area contributed by atoms with Crippen molar-refractivity contribution in [2.75, 3.05) is 27.4 Å². The zero-order valence-corrected chi connectivity index (χ0v) is 12.7. The van der Waals surface area contributed by atoms with Gasteiger partial charge in [0.2, 0.25) is 0 Å². The Hall–Kier alpha value is -3.03. The average molecular weight is 320 g/mol. The summed E-state index contributed by atoms with van der Waals surface area (Å²) in [5.74, 6) is 0.316. The minimum Gasteiger partial charge on any atom is -0.482 e. The van der Waals surface area contributed by atoms with E-state index in [1.54, 1.807) is 30.6 Å². The molecule has 0 saturated carbocycles. The number of rotatable bonds is 7. The first-order valence-corrected chi connectivity index (χ1v) is 6.67. The van der Waals surface area contributed by atoms with Crippen molar-refractivity contribution in [3.05, 3.63) is 30.6 Å². The van der Waals surface area contributed by atoms with Gasteiger partial charge in [-0.3, -0.25) is 0 Å². The molecule has 0 saturated heterocycles. The van der Waals surface area contributed by atoms with Crippen LogP contribution in [0.2, 0.25) is 0 Å². The summed E-state index contributed by atoms with van der Waals surface area (Å²) >= 11 is 0. The Labute approximate surface area is 132 Å². The number of hydrogen-bond donors (Lipinski definition) is 1. The van der Waals surface area contributed by atoms with Crippen LogP contribution in [0.15, 0.2) is 30.6 Å². The second kappa shape index (κ2) is 7.83. The maximum absolute atomic E-state index is 11.3. The van der Waals surface area contributed by atoms with E-state index in [9.17, 15) is 9.59 Å². The number of nitrogens with zero attached hydrogens (tertiary/aromatic N) is 1. The first-order valence-electron chi connectivity index (χ1n) is 6.67. The van der Waals surface area contributed by atoms with Gasteiger partial charge in [-0.25, -0.2) is 14.6 Å².